The molecule has 5 atom stereocenters. The lowest BCUT2D eigenvalue weighted by atomic mass is 9.94. The highest BCUT2D eigenvalue weighted by Gasteiger charge is 2.51. The average molecular weight is 911 g/mol. The standard InChI is InChI=1S/C53H74O7SSi2/c1-13-36-57-50(54)44-33-32-40(56-10)37-45(44)48(61-41-25-17-14-18-26-41)35-34-46-49(59-53(8,9)58-46)47(60-62(11,12)51(3,4)5)31-23-24-39(2)38-52(6,7)63(55,42-27-19-15-20-28-42)43-29-21-16-22-30-43/h14-23,25-33,37,39,46-49,55H,13,24,34-36,38H2,1-12H3/b31-23-/t39-,46-,47?,48?,49-/m0/s1. The molecule has 0 spiro atoms. The Kier molecular flexibility index (Phi) is 17.4. The summed E-state index contributed by atoms with van der Waals surface area (Å²) in [6.45, 7) is 24.5. The van der Waals surface area contributed by atoms with Crippen LogP contribution in [0.4, 0.5) is 0 Å². The van der Waals surface area contributed by atoms with E-state index in [9.17, 15) is 9.59 Å². The van der Waals surface area contributed by atoms with E-state index in [1.54, 1.807) is 18.9 Å². The van der Waals surface area contributed by atoms with E-state index in [1.807, 2.05) is 93.6 Å². The third-order valence-corrected chi connectivity index (χ3v) is 23.2. The summed E-state index contributed by atoms with van der Waals surface area (Å²) in [7, 11) is -3.81. The second kappa shape index (κ2) is 21.7. The van der Waals surface area contributed by atoms with Gasteiger partial charge in [0.15, 0.2) is 14.1 Å². The van der Waals surface area contributed by atoms with Gasteiger partial charge in [0.05, 0.1) is 31.5 Å². The first-order chi connectivity index (χ1) is 29.7. The lowest BCUT2D eigenvalue weighted by Crippen LogP contribution is -2.65. The van der Waals surface area contributed by atoms with Crippen molar-refractivity contribution in [2.75, 3.05) is 13.7 Å². The Morgan fingerprint density at radius 1 is 0.889 bits per heavy atom. The minimum atomic E-state index is -3.16. The Labute approximate surface area is 385 Å². The lowest BCUT2D eigenvalue weighted by Gasteiger charge is -2.42. The van der Waals surface area contributed by atoms with E-state index < -0.39 is 22.4 Å². The predicted molar refractivity (Wildman–Crippen MR) is 265 cm³/mol. The van der Waals surface area contributed by atoms with Crippen LogP contribution in [-0.4, -0.2) is 65.2 Å². The molecule has 1 aliphatic rings. The molecule has 1 aliphatic heterocycles. The third kappa shape index (κ3) is 12.9. The zero-order valence-electron chi connectivity index (χ0n) is 40.0. The molecule has 0 radical (unpaired) electrons. The van der Waals surface area contributed by atoms with E-state index in [1.165, 1.54) is 0 Å². The molecule has 7 nitrogen and oxygen atoms in total. The van der Waals surface area contributed by atoms with Crippen molar-refractivity contribution in [2.45, 2.75) is 152 Å². The second-order valence-corrected chi connectivity index (χ2v) is 29.8. The molecule has 0 aliphatic carbocycles. The molecule has 4 aromatic rings. The number of hydrogen-bond donors (Lipinski definition) is 1. The van der Waals surface area contributed by atoms with Gasteiger partial charge in [0.25, 0.3) is 8.32 Å². The van der Waals surface area contributed by atoms with Gasteiger partial charge in [-0.05, 0) is 121 Å². The highest BCUT2D eigenvalue weighted by molar-refractivity contribution is 7.99. The zero-order chi connectivity index (χ0) is 46.1. The molecule has 1 N–H and O–H groups in total. The first-order valence-electron chi connectivity index (χ1n) is 22.8. The van der Waals surface area contributed by atoms with E-state index >= 15 is 0 Å². The van der Waals surface area contributed by atoms with Gasteiger partial charge in [0, 0.05) is 10.1 Å². The highest BCUT2D eigenvalue weighted by Crippen LogP contribution is 2.46. The van der Waals surface area contributed by atoms with Crippen molar-refractivity contribution >= 4 is 44.7 Å². The van der Waals surface area contributed by atoms with Gasteiger partial charge in [-0.15, -0.1) is 11.8 Å². The van der Waals surface area contributed by atoms with Crippen LogP contribution in [0.3, 0.4) is 0 Å². The summed E-state index contributed by atoms with van der Waals surface area (Å²) >= 11 is 1.73. The SMILES string of the molecule is CCCOC(=O)c1ccc(OC)cc1C(CC[C@@H]1OC(C)(C)O[C@@H]1C(/C=C\C[C@H](C)CC(C)(C)[Si](O)(c1ccccc1)c1ccccc1)O[Si](C)(C)C(C)(C)C)Sc1ccccc1. The largest absolute Gasteiger partial charge is 0.497 e. The summed E-state index contributed by atoms with van der Waals surface area (Å²) in [6, 6.07) is 36.5. The van der Waals surface area contributed by atoms with Crippen molar-refractivity contribution in [3.63, 3.8) is 0 Å². The lowest BCUT2D eigenvalue weighted by molar-refractivity contribution is -0.152. The van der Waals surface area contributed by atoms with Crippen molar-refractivity contribution in [3.05, 3.63) is 132 Å². The zero-order valence-corrected chi connectivity index (χ0v) is 42.8. The Bertz CT molecular complexity index is 2030. The van der Waals surface area contributed by atoms with Crippen LogP contribution in [0.15, 0.2) is 126 Å². The fourth-order valence-corrected chi connectivity index (χ4v) is 15.0. The summed E-state index contributed by atoms with van der Waals surface area (Å²) in [6.07, 6.45) is 7.26. The van der Waals surface area contributed by atoms with Gasteiger partial charge in [-0.3, -0.25) is 0 Å². The van der Waals surface area contributed by atoms with Crippen LogP contribution in [0.1, 0.15) is 116 Å². The molecule has 5 rings (SSSR count). The van der Waals surface area contributed by atoms with Crippen LogP contribution in [-0.2, 0) is 18.6 Å². The van der Waals surface area contributed by atoms with Gasteiger partial charge in [0.1, 0.15) is 11.9 Å². The first-order valence-corrected chi connectivity index (χ1v) is 28.5. The third-order valence-electron chi connectivity index (χ3n) is 12.9. The number of carbonyl (C=O) groups is 1. The van der Waals surface area contributed by atoms with Crippen LogP contribution in [0, 0.1) is 5.92 Å². The molecule has 63 heavy (non-hydrogen) atoms. The van der Waals surface area contributed by atoms with E-state index in [2.05, 4.69) is 103 Å². The molecule has 1 fully saturated rings. The monoisotopic (exact) mass is 910 g/mol. The smallest absolute Gasteiger partial charge is 0.338 e. The minimum Gasteiger partial charge on any atom is -0.497 e. The van der Waals surface area contributed by atoms with Gasteiger partial charge in [-0.25, -0.2) is 4.79 Å². The quantitative estimate of drug-likeness (QED) is 0.0383. The molecule has 1 saturated heterocycles. The molecule has 0 bridgehead atoms. The van der Waals surface area contributed by atoms with Crippen molar-refractivity contribution in [2.24, 2.45) is 5.92 Å². The molecule has 4 aromatic carbocycles. The number of hydrogen-bond acceptors (Lipinski definition) is 8. The van der Waals surface area contributed by atoms with E-state index in [0.29, 0.717) is 30.8 Å². The van der Waals surface area contributed by atoms with Gasteiger partial charge in [0.2, 0.25) is 0 Å². The molecule has 2 unspecified atom stereocenters. The number of ether oxygens (including phenoxy) is 4. The number of allylic oxidation sites excluding steroid dienone is 1. The van der Waals surface area contributed by atoms with Crippen molar-refractivity contribution in [1.82, 2.24) is 0 Å². The number of benzene rings is 4. The maximum absolute atomic E-state index is 13.5. The van der Waals surface area contributed by atoms with E-state index in [0.717, 1.165) is 40.1 Å². The number of methoxy groups -OCH3 is 1. The summed E-state index contributed by atoms with van der Waals surface area (Å²) < 4.78 is 32.3. The van der Waals surface area contributed by atoms with Crippen molar-refractivity contribution < 1.29 is 33.0 Å². The van der Waals surface area contributed by atoms with Gasteiger partial charge in [-0.1, -0.05) is 139 Å². The van der Waals surface area contributed by atoms with Gasteiger partial charge >= 0.3 is 5.97 Å². The fraction of sp³-hybridized carbons (Fsp3) is 0.491. The normalized spacial score (nSPS) is 18.6. The average Bonchev–Trinajstić information content (AvgIpc) is 3.57. The minimum absolute atomic E-state index is 0.0303. The topological polar surface area (TPSA) is 83.5 Å². The maximum Gasteiger partial charge on any atom is 0.338 e. The van der Waals surface area contributed by atoms with Crippen LogP contribution in [0.2, 0.25) is 23.2 Å². The van der Waals surface area contributed by atoms with Crippen molar-refractivity contribution in [3.8, 4) is 5.75 Å². The summed E-state index contributed by atoms with van der Waals surface area (Å²) in [4.78, 5) is 27.5. The number of carbonyl (C=O) groups excluding carboxylic acids is 1. The summed E-state index contributed by atoms with van der Waals surface area (Å²) in [5.74, 6) is -0.188. The van der Waals surface area contributed by atoms with Crippen LogP contribution in [0.5, 0.6) is 5.75 Å². The van der Waals surface area contributed by atoms with Crippen LogP contribution < -0.4 is 15.1 Å². The predicted octanol–water partition coefficient (Wildman–Crippen LogP) is 12.3. The number of esters is 1. The van der Waals surface area contributed by atoms with E-state index in [4.69, 9.17) is 23.4 Å². The molecule has 342 valence electrons. The molecule has 1 heterocycles. The molecule has 0 aromatic heterocycles. The summed E-state index contributed by atoms with van der Waals surface area (Å²) in [5.41, 5.74) is 1.42. The molecule has 10 heteroatoms. The maximum atomic E-state index is 13.5. The first kappa shape index (κ1) is 50.5. The van der Waals surface area contributed by atoms with Gasteiger partial charge < -0.3 is 28.2 Å². The molecular formula is C53H74O7SSi2. The second-order valence-electron chi connectivity index (χ2n) is 19.9. The number of rotatable bonds is 21. The fourth-order valence-electron chi connectivity index (χ4n) is 8.60. The van der Waals surface area contributed by atoms with E-state index in [-0.39, 0.29) is 45.5 Å². The molecular weight excluding hydrogens is 837 g/mol. The Hall–Kier alpha value is -3.49. The van der Waals surface area contributed by atoms with Crippen LogP contribution in [0.25, 0.3) is 0 Å². The Balaban J connectivity index is 1.44. The summed E-state index contributed by atoms with van der Waals surface area (Å²) in [5, 5.41) is 1.55. The van der Waals surface area contributed by atoms with Crippen LogP contribution >= 0.6 is 11.8 Å². The highest BCUT2D eigenvalue weighted by atomic mass is 32.2. The molecule has 0 amide bonds. The Morgan fingerprint density at radius 3 is 2.03 bits per heavy atom. The Morgan fingerprint density at radius 2 is 1.48 bits per heavy atom. The molecule has 0 saturated carbocycles. The van der Waals surface area contributed by atoms with Crippen molar-refractivity contribution in [1.29, 1.82) is 0 Å². The van der Waals surface area contributed by atoms with Gasteiger partial charge in [-0.2, -0.15) is 0 Å². The number of thioether (sulfide) groups is 1.